The number of aryl methyl sites for hydroxylation is 2. The van der Waals surface area contributed by atoms with Gasteiger partial charge in [0.05, 0.1) is 18.4 Å². The van der Waals surface area contributed by atoms with Crippen molar-refractivity contribution in [1.82, 2.24) is 10.1 Å². The number of rotatable bonds is 6. The lowest BCUT2D eigenvalue weighted by Gasteiger charge is -2.12. The fraction of sp³-hybridized carbons (Fsp3) is 0.211. The number of carbonyl (C=O) groups excluding carboxylic acids is 1. The highest BCUT2D eigenvalue weighted by atomic mass is 79.9. The van der Waals surface area contributed by atoms with E-state index in [4.69, 9.17) is 14.0 Å². The number of halogens is 1. The summed E-state index contributed by atoms with van der Waals surface area (Å²) in [5, 5.41) is 6.64. The molecule has 1 N–H and O–H groups in total. The van der Waals surface area contributed by atoms with Crippen LogP contribution in [-0.4, -0.2) is 23.2 Å². The molecular weight excluding hydrogens is 414 g/mol. The third kappa shape index (κ3) is 4.46. The zero-order valence-electron chi connectivity index (χ0n) is 15.1. The molecule has 0 saturated carbocycles. The van der Waals surface area contributed by atoms with Crippen LogP contribution in [0.25, 0.3) is 0 Å². The molecule has 140 valence electrons. The third-order valence-electron chi connectivity index (χ3n) is 3.95. The van der Waals surface area contributed by atoms with Crippen LogP contribution in [0.3, 0.4) is 0 Å². The highest BCUT2D eigenvalue weighted by Gasteiger charge is 2.14. The molecule has 0 spiro atoms. The molecule has 0 saturated heterocycles. The number of nitrogens with one attached hydrogen (secondary N) is 1. The summed E-state index contributed by atoms with van der Waals surface area (Å²) in [6, 6.07) is 8.49. The fourth-order valence-corrected chi connectivity index (χ4v) is 2.66. The zero-order chi connectivity index (χ0) is 19.4. The maximum Gasteiger partial charge on any atom is 0.256 e. The molecule has 0 aliphatic rings. The number of nitrogens with zero attached hydrogens (tertiary/aromatic N) is 2. The van der Waals surface area contributed by atoms with Crippen LogP contribution in [0.4, 0.5) is 5.82 Å². The van der Waals surface area contributed by atoms with Gasteiger partial charge in [0.25, 0.3) is 5.91 Å². The van der Waals surface area contributed by atoms with Crippen LogP contribution < -0.4 is 14.8 Å². The summed E-state index contributed by atoms with van der Waals surface area (Å²) in [5.41, 5.74) is 2.10. The van der Waals surface area contributed by atoms with Crippen molar-refractivity contribution in [2.75, 3.05) is 12.4 Å². The van der Waals surface area contributed by atoms with Gasteiger partial charge in [0.15, 0.2) is 11.5 Å². The molecule has 0 fully saturated rings. The fourth-order valence-electron chi connectivity index (χ4n) is 2.42. The maximum absolute atomic E-state index is 12.4. The Kier molecular flexibility index (Phi) is 5.75. The van der Waals surface area contributed by atoms with Gasteiger partial charge in [0.2, 0.25) is 0 Å². The zero-order valence-corrected chi connectivity index (χ0v) is 16.7. The molecule has 2 heterocycles. The predicted molar refractivity (Wildman–Crippen MR) is 103 cm³/mol. The van der Waals surface area contributed by atoms with Crippen LogP contribution in [0, 0.1) is 13.8 Å². The summed E-state index contributed by atoms with van der Waals surface area (Å²) >= 11 is 3.31. The number of anilines is 1. The molecule has 27 heavy (non-hydrogen) atoms. The van der Waals surface area contributed by atoms with E-state index in [9.17, 15) is 4.79 Å². The number of benzene rings is 1. The van der Waals surface area contributed by atoms with Gasteiger partial charge in [-0.1, -0.05) is 5.16 Å². The molecule has 0 bridgehead atoms. The van der Waals surface area contributed by atoms with E-state index in [1.165, 1.54) is 7.11 Å². The third-order valence-corrected chi connectivity index (χ3v) is 4.42. The Morgan fingerprint density at radius 2 is 2.04 bits per heavy atom. The van der Waals surface area contributed by atoms with Crippen molar-refractivity contribution in [1.29, 1.82) is 0 Å². The first kappa shape index (κ1) is 18.9. The minimum atomic E-state index is -0.291. The first-order valence-electron chi connectivity index (χ1n) is 8.13. The van der Waals surface area contributed by atoms with Gasteiger partial charge >= 0.3 is 0 Å². The summed E-state index contributed by atoms with van der Waals surface area (Å²) in [6.07, 6.45) is 1.61. The van der Waals surface area contributed by atoms with Crippen molar-refractivity contribution >= 4 is 27.7 Å². The van der Waals surface area contributed by atoms with Gasteiger partial charge in [-0.2, -0.15) is 0 Å². The Bertz CT molecular complexity index is 935. The number of aromatic nitrogens is 2. The Labute approximate surface area is 164 Å². The molecule has 0 aliphatic heterocycles. The minimum Gasteiger partial charge on any atom is -0.493 e. The van der Waals surface area contributed by atoms with Crippen LogP contribution in [0.1, 0.15) is 27.4 Å². The maximum atomic E-state index is 12.4. The first-order chi connectivity index (χ1) is 13.0. The largest absolute Gasteiger partial charge is 0.493 e. The number of hydrogen-bond donors (Lipinski definition) is 1. The van der Waals surface area contributed by atoms with E-state index in [2.05, 4.69) is 31.4 Å². The van der Waals surface area contributed by atoms with E-state index in [1.54, 1.807) is 36.5 Å². The normalized spacial score (nSPS) is 10.5. The van der Waals surface area contributed by atoms with Crippen molar-refractivity contribution in [3.63, 3.8) is 0 Å². The molecule has 8 heteroatoms. The number of amides is 1. The molecule has 0 radical (unpaired) electrons. The molecule has 3 rings (SSSR count). The van der Waals surface area contributed by atoms with Crippen molar-refractivity contribution in [2.24, 2.45) is 0 Å². The minimum absolute atomic E-state index is 0.291. The van der Waals surface area contributed by atoms with Gasteiger partial charge in [-0.15, -0.1) is 0 Å². The van der Waals surface area contributed by atoms with Crippen molar-refractivity contribution in [3.05, 3.63) is 63.6 Å². The molecule has 1 amide bonds. The van der Waals surface area contributed by atoms with E-state index in [0.29, 0.717) is 35.2 Å². The Balaban J connectivity index is 1.73. The van der Waals surface area contributed by atoms with E-state index in [0.717, 1.165) is 15.7 Å². The van der Waals surface area contributed by atoms with Gasteiger partial charge in [-0.3, -0.25) is 4.79 Å². The molecule has 3 aromatic rings. The molecule has 0 aliphatic carbocycles. The summed E-state index contributed by atoms with van der Waals surface area (Å²) in [6.45, 7) is 3.99. The average Bonchev–Trinajstić information content (AvgIpc) is 2.99. The van der Waals surface area contributed by atoms with Gasteiger partial charge in [0, 0.05) is 16.2 Å². The number of pyridine rings is 1. The first-order valence-corrected chi connectivity index (χ1v) is 8.92. The molecular formula is C19H18BrN3O4. The Hall–Kier alpha value is -2.87. The standard InChI is InChI=1S/C19H18BrN3O4/c1-11-15(12(2)27-23-11)10-26-16-6-4-13(8-17(16)25-3)19(24)22-18-7-5-14(20)9-21-18/h4-9H,10H2,1-3H3,(H,21,22,24). The highest BCUT2D eigenvalue weighted by molar-refractivity contribution is 9.10. The lowest BCUT2D eigenvalue weighted by molar-refractivity contribution is 0.102. The summed E-state index contributed by atoms with van der Waals surface area (Å²) < 4.78 is 17.2. The Morgan fingerprint density at radius 3 is 2.67 bits per heavy atom. The van der Waals surface area contributed by atoms with E-state index < -0.39 is 0 Å². The second kappa shape index (κ2) is 8.22. The van der Waals surface area contributed by atoms with Crippen LogP contribution in [0.15, 0.2) is 45.5 Å². The second-order valence-corrected chi connectivity index (χ2v) is 6.69. The molecule has 2 aromatic heterocycles. The molecule has 1 aromatic carbocycles. The van der Waals surface area contributed by atoms with E-state index in [1.807, 2.05) is 13.8 Å². The highest BCUT2D eigenvalue weighted by Crippen LogP contribution is 2.30. The quantitative estimate of drug-likeness (QED) is 0.626. The number of methoxy groups -OCH3 is 1. The summed E-state index contributed by atoms with van der Waals surface area (Å²) in [7, 11) is 1.52. The number of hydrogen-bond acceptors (Lipinski definition) is 6. The van der Waals surface area contributed by atoms with Crippen LogP contribution >= 0.6 is 15.9 Å². The van der Waals surface area contributed by atoms with Gasteiger partial charge in [-0.05, 0) is 60.1 Å². The SMILES string of the molecule is COc1cc(C(=O)Nc2ccc(Br)cn2)ccc1OCc1c(C)noc1C. The smallest absolute Gasteiger partial charge is 0.256 e. The van der Waals surface area contributed by atoms with Crippen LogP contribution in [-0.2, 0) is 6.61 Å². The lowest BCUT2D eigenvalue weighted by atomic mass is 10.2. The topological polar surface area (TPSA) is 86.5 Å². The number of carbonyl (C=O) groups is 1. The van der Waals surface area contributed by atoms with Gasteiger partial charge in [-0.25, -0.2) is 4.98 Å². The van der Waals surface area contributed by atoms with E-state index >= 15 is 0 Å². The predicted octanol–water partition coefficient (Wildman–Crippen LogP) is 4.29. The molecule has 7 nitrogen and oxygen atoms in total. The summed E-state index contributed by atoms with van der Waals surface area (Å²) in [5.74, 6) is 1.86. The van der Waals surface area contributed by atoms with Crippen LogP contribution in [0.5, 0.6) is 11.5 Å². The molecule has 0 unspecified atom stereocenters. The van der Waals surface area contributed by atoms with Crippen LogP contribution in [0.2, 0.25) is 0 Å². The summed E-state index contributed by atoms with van der Waals surface area (Å²) in [4.78, 5) is 16.6. The van der Waals surface area contributed by atoms with Crippen molar-refractivity contribution < 1.29 is 18.8 Å². The Morgan fingerprint density at radius 1 is 1.22 bits per heavy atom. The monoisotopic (exact) mass is 431 g/mol. The van der Waals surface area contributed by atoms with Gasteiger partial charge in [0.1, 0.15) is 18.2 Å². The van der Waals surface area contributed by atoms with Crippen molar-refractivity contribution in [3.8, 4) is 11.5 Å². The van der Waals surface area contributed by atoms with Crippen molar-refractivity contribution in [2.45, 2.75) is 20.5 Å². The van der Waals surface area contributed by atoms with Gasteiger partial charge < -0.3 is 19.3 Å². The lowest BCUT2D eigenvalue weighted by Crippen LogP contribution is -2.13. The second-order valence-electron chi connectivity index (χ2n) is 5.77. The molecule has 0 atom stereocenters. The van der Waals surface area contributed by atoms with E-state index in [-0.39, 0.29) is 5.91 Å². The number of ether oxygens (including phenoxy) is 2. The average molecular weight is 432 g/mol.